The average Bonchev–Trinajstić information content (AvgIpc) is 3.50. The number of nitrogens with one attached hydrogen (secondary N) is 1. The lowest BCUT2D eigenvalue weighted by atomic mass is 10.2. The molecule has 188 valence electrons. The first-order valence-electron chi connectivity index (χ1n) is 12.0. The standard InChI is InChI=1S/C27H26N6O2S2/c34-37(35)13-11-32(12-14-37)10-4-7-23-16-24-26(36-23)27(29-19-28-24)31-22-8-9-25-21(15-22)17-30-33(25)18-20-5-2-1-3-6-20/h1-3,5-6,8-9,15-17,19,34-35H,10-14,18H2,(H,28,29,31). The Hall–Kier alpha value is -3.46. The minimum Gasteiger partial charge on any atom is -0.339 e. The molecule has 0 aliphatic carbocycles. The third-order valence-electron chi connectivity index (χ3n) is 6.37. The van der Waals surface area contributed by atoms with E-state index in [1.54, 1.807) is 17.7 Å². The highest BCUT2D eigenvalue weighted by molar-refractivity contribution is 8.24. The normalized spacial score (nSPS) is 16.4. The predicted octanol–water partition coefficient (Wildman–Crippen LogP) is 5.25. The molecule has 3 N–H and O–H groups in total. The van der Waals surface area contributed by atoms with Gasteiger partial charge in [0.25, 0.3) is 0 Å². The van der Waals surface area contributed by atoms with Crippen LogP contribution in [0.1, 0.15) is 10.4 Å². The van der Waals surface area contributed by atoms with Crippen LogP contribution < -0.4 is 5.32 Å². The summed E-state index contributed by atoms with van der Waals surface area (Å²) in [5, 5.41) is 9.09. The number of thiophene rings is 1. The molecule has 5 aromatic rings. The third kappa shape index (κ3) is 5.46. The largest absolute Gasteiger partial charge is 0.339 e. The molecule has 0 saturated carbocycles. The number of rotatable bonds is 5. The molecule has 10 heteroatoms. The number of aromatic nitrogens is 4. The van der Waals surface area contributed by atoms with Crippen LogP contribution in [-0.4, -0.2) is 64.9 Å². The van der Waals surface area contributed by atoms with Gasteiger partial charge in [-0.05, 0) is 29.8 Å². The molecule has 0 unspecified atom stereocenters. The Bertz CT molecular complexity index is 1610. The second-order valence-electron chi connectivity index (χ2n) is 9.02. The summed E-state index contributed by atoms with van der Waals surface area (Å²) in [4.78, 5) is 12.0. The molecule has 3 aromatic heterocycles. The van der Waals surface area contributed by atoms with Crippen LogP contribution in [0.5, 0.6) is 0 Å². The number of hydrogen-bond donors (Lipinski definition) is 3. The van der Waals surface area contributed by atoms with E-state index in [9.17, 15) is 9.11 Å². The molecule has 1 aliphatic rings. The highest BCUT2D eigenvalue weighted by atomic mass is 32.3. The van der Waals surface area contributed by atoms with Gasteiger partial charge in [-0.2, -0.15) is 15.7 Å². The van der Waals surface area contributed by atoms with Crippen LogP contribution in [0, 0.1) is 11.8 Å². The lowest BCUT2D eigenvalue weighted by Gasteiger charge is -2.40. The van der Waals surface area contributed by atoms with Gasteiger partial charge in [0, 0.05) is 24.2 Å². The van der Waals surface area contributed by atoms with Crippen LogP contribution in [0.2, 0.25) is 0 Å². The Kier molecular flexibility index (Phi) is 6.54. The molecule has 0 amide bonds. The maximum atomic E-state index is 9.77. The molecule has 0 bridgehead atoms. The van der Waals surface area contributed by atoms with Crippen molar-refractivity contribution >= 4 is 54.6 Å². The maximum Gasteiger partial charge on any atom is 0.151 e. The first kappa shape index (κ1) is 23.9. The maximum absolute atomic E-state index is 9.77. The van der Waals surface area contributed by atoms with E-state index < -0.39 is 10.6 Å². The lowest BCUT2D eigenvalue weighted by Crippen LogP contribution is -2.38. The summed E-state index contributed by atoms with van der Waals surface area (Å²) in [5.74, 6) is 8.08. The molecule has 0 radical (unpaired) electrons. The summed E-state index contributed by atoms with van der Waals surface area (Å²) >= 11 is 1.57. The van der Waals surface area contributed by atoms with Gasteiger partial charge in [-0.25, -0.2) is 9.97 Å². The third-order valence-corrected chi connectivity index (χ3v) is 9.09. The minimum atomic E-state index is -2.38. The summed E-state index contributed by atoms with van der Waals surface area (Å²) in [6.45, 7) is 2.67. The second kappa shape index (κ2) is 10.1. The van der Waals surface area contributed by atoms with Gasteiger partial charge < -0.3 is 5.32 Å². The van der Waals surface area contributed by atoms with Crippen molar-refractivity contribution in [3.05, 3.63) is 77.6 Å². The second-order valence-corrected chi connectivity index (χ2v) is 12.5. The van der Waals surface area contributed by atoms with Crippen LogP contribution in [0.4, 0.5) is 11.5 Å². The van der Waals surface area contributed by atoms with Gasteiger partial charge in [0.15, 0.2) is 5.82 Å². The Labute approximate surface area is 220 Å². The predicted molar refractivity (Wildman–Crippen MR) is 152 cm³/mol. The highest BCUT2D eigenvalue weighted by Gasteiger charge is 2.21. The fraction of sp³-hybridized carbons (Fsp3) is 0.222. The van der Waals surface area contributed by atoms with Crippen molar-refractivity contribution in [1.29, 1.82) is 0 Å². The molecule has 37 heavy (non-hydrogen) atoms. The van der Waals surface area contributed by atoms with E-state index in [0.717, 1.165) is 44.0 Å². The van der Waals surface area contributed by atoms with Crippen LogP contribution >= 0.6 is 21.9 Å². The number of benzene rings is 2. The van der Waals surface area contributed by atoms with Gasteiger partial charge in [-0.3, -0.25) is 18.7 Å². The van der Waals surface area contributed by atoms with Gasteiger partial charge in [0.2, 0.25) is 0 Å². The number of fused-ring (bicyclic) bond motifs is 2. The zero-order valence-electron chi connectivity index (χ0n) is 20.0. The van der Waals surface area contributed by atoms with E-state index >= 15 is 0 Å². The molecule has 0 atom stereocenters. The molecule has 1 fully saturated rings. The molecule has 2 aromatic carbocycles. The van der Waals surface area contributed by atoms with E-state index in [0.29, 0.717) is 31.1 Å². The van der Waals surface area contributed by atoms with E-state index in [-0.39, 0.29) is 0 Å². The van der Waals surface area contributed by atoms with Crippen molar-refractivity contribution in [2.45, 2.75) is 6.54 Å². The topological polar surface area (TPSA) is 99.3 Å². The van der Waals surface area contributed by atoms with E-state index in [1.807, 2.05) is 41.2 Å². The van der Waals surface area contributed by atoms with Gasteiger partial charge >= 0.3 is 0 Å². The summed E-state index contributed by atoms with van der Waals surface area (Å²) in [6, 6.07) is 18.5. The highest BCUT2D eigenvalue weighted by Crippen LogP contribution is 2.40. The first-order valence-corrected chi connectivity index (χ1v) is 14.7. The monoisotopic (exact) mass is 530 g/mol. The molecule has 4 heterocycles. The summed E-state index contributed by atoms with van der Waals surface area (Å²) in [6.07, 6.45) is 3.46. The number of hydrogen-bond acceptors (Lipinski definition) is 8. The van der Waals surface area contributed by atoms with Crippen molar-refractivity contribution in [3.63, 3.8) is 0 Å². The summed E-state index contributed by atoms with van der Waals surface area (Å²) in [5.41, 5.74) is 4.08. The first-order chi connectivity index (χ1) is 18.0. The van der Waals surface area contributed by atoms with Gasteiger partial charge in [-0.15, -0.1) is 11.3 Å². The quantitative estimate of drug-likeness (QED) is 0.267. The van der Waals surface area contributed by atoms with E-state index in [2.05, 4.69) is 61.4 Å². The van der Waals surface area contributed by atoms with Crippen molar-refractivity contribution in [3.8, 4) is 11.8 Å². The zero-order chi connectivity index (χ0) is 25.2. The molecule has 6 rings (SSSR count). The molecule has 1 aliphatic heterocycles. The summed E-state index contributed by atoms with van der Waals surface area (Å²) in [7, 11) is -2.38. The zero-order valence-corrected chi connectivity index (χ0v) is 21.7. The van der Waals surface area contributed by atoms with Crippen molar-refractivity contribution in [2.24, 2.45) is 0 Å². The van der Waals surface area contributed by atoms with Crippen molar-refractivity contribution < 1.29 is 9.11 Å². The molecular formula is C27H26N6O2S2. The van der Waals surface area contributed by atoms with Gasteiger partial charge in [-0.1, -0.05) is 42.2 Å². The summed E-state index contributed by atoms with van der Waals surface area (Å²) < 4.78 is 22.5. The minimum absolute atomic E-state index is 0.432. The fourth-order valence-electron chi connectivity index (χ4n) is 4.35. The van der Waals surface area contributed by atoms with Crippen LogP contribution in [0.25, 0.3) is 21.1 Å². The van der Waals surface area contributed by atoms with Gasteiger partial charge in [0.05, 0.1) is 51.4 Å². The van der Waals surface area contributed by atoms with Crippen molar-refractivity contribution in [1.82, 2.24) is 24.6 Å². The van der Waals surface area contributed by atoms with Crippen LogP contribution in [0.15, 0.2) is 67.1 Å². The SMILES string of the molecule is OS1(O)CCN(CC#Cc2cc3ncnc(Nc4ccc5c(cnn5Cc5ccccc5)c4)c3s2)CC1. The molecule has 1 saturated heterocycles. The lowest BCUT2D eigenvalue weighted by molar-refractivity contribution is 0.318. The molecule has 8 nitrogen and oxygen atoms in total. The van der Waals surface area contributed by atoms with Crippen LogP contribution in [0.3, 0.4) is 0 Å². The fourth-order valence-corrected chi connectivity index (χ4v) is 6.59. The Morgan fingerprint density at radius 3 is 2.70 bits per heavy atom. The number of nitrogens with zero attached hydrogens (tertiary/aromatic N) is 5. The van der Waals surface area contributed by atoms with Gasteiger partial charge in [0.1, 0.15) is 6.33 Å². The Morgan fingerprint density at radius 1 is 1.03 bits per heavy atom. The average molecular weight is 531 g/mol. The van der Waals surface area contributed by atoms with Crippen molar-refractivity contribution in [2.75, 3.05) is 36.5 Å². The Balaban J connectivity index is 1.17. The molecular weight excluding hydrogens is 504 g/mol. The smallest absolute Gasteiger partial charge is 0.151 e. The van der Waals surface area contributed by atoms with E-state index in [4.69, 9.17) is 0 Å². The number of anilines is 2. The Morgan fingerprint density at radius 2 is 1.86 bits per heavy atom. The molecule has 0 spiro atoms. The van der Waals surface area contributed by atoms with Crippen LogP contribution in [-0.2, 0) is 6.54 Å². The van der Waals surface area contributed by atoms with E-state index in [1.165, 1.54) is 5.56 Å².